The molecule has 0 N–H and O–H groups in total. The standard InChI is InChI=1S/C15H19BrFNO/c1-10(2)8-9-18(11-6-7-11)15(19)14-12(16)4-3-5-13(14)17/h3-5,10-11H,6-9H2,1-2H3. The summed E-state index contributed by atoms with van der Waals surface area (Å²) in [6.07, 6.45) is 3.03. The minimum absolute atomic E-state index is 0.165. The minimum Gasteiger partial charge on any atom is -0.336 e. The molecule has 4 heteroatoms. The molecule has 1 aliphatic rings. The molecule has 0 heterocycles. The summed E-state index contributed by atoms with van der Waals surface area (Å²) in [6, 6.07) is 4.96. The van der Waals surface area contributed by atoms with E-state index >= 15 is 0 Å². The number of hydrogen-bond donors (Lipinski definition) is 0. The Morgan fingerprint density at radius 3 is 2.68 bits per heavy atom. The fraction of sp³-hybridized carbons (Fsp3) is 0.533. The van der Waals surface area contributed by atoms with Crippen molar-refractivity contribution in [1.82, 2.24) is 4.90 Å². The number of nitrogens with zero attached hydrogens (tertiary/aromatic N) is 1. The van der Waals surface area contributed by atoms with Gasteiger partial charge in [0.05, 0.1) is 5.56 Å². The maximum absolute atomic E-state index is 13.9. The Balaban J connectivity index is 2.19. The van der Waals surface area contributed by atoms with Gasteiger partial charge in [-0.15, -0.1) is 0 Å². The third-order valence-corrected chi connectivity index (χ3v) is 4.03. The van der Waals surface area contributed by atoms with Gasteiger partial charge in [0.2, 0.25) is 0 Å². The first-order valence-electron chi connectivity index (χ1n) is 6.75. The molecule has 104 valence electrons. The summed E-state index contributed by atoms with van der Waals surface area (Å²) in [6.45, 7) is 4.98. The molecule has 0 aromatic heterocycles. The average Bonchev–Trinajstić information content (AvgIpc) is 3.13. The van der Waals surface area contributed by atoms with E-state index in [1.165, 1.54) is 6.07 Å². The Hall–Kier alpha value is -0.900. The number of amides is 1. The summed E-state index contributed by atoms with van der Waals surface area (Å²) < 4.78 is 14.4. The van der Waals surface area contributed by atoms with Gasteiger partial charge in [-0.05, 0) is 53.2 Å². The molecule has 0 radical (unpaired) electrons. The lowest BCUT2D eigenvalue weighted by molar-refractivity contribution is 0.0729. The monoisotopic (exact) mass is 327 g/mol. The Kier molecular flexibility index (Phi) is 4.61. The molecule has 1 aromatic rings. The zero-order valence-corrected chi connectivity index (χ0v) is 12.9. The number of halogens is 2. The van der Waals surface area contributed by atoms with Crippen molar-refractivity contribution in [2.24, 2.45) is 5.92 Å². The highest BCUT2D eigenvalue weighted by atomic mass is 79.9. The molecule has 0 bridgehead atoms. The molecule has 0 saturated heterocycles. The molecule has 1 fully saturated rings. The van der Waals surface area contributed by atoms with Crippen LogP contribution in [0.3, 0.4) is 0 Å². The molecular formula is C15H19BrFNO. The van der Waals surface area contributed by atoms with E-state index in [9.17, 15) is 9.18 Å². The summed E-state index contributed by atoms with van der Waals surface area (Å²) in [5.41, 5.74) is 0.165. The van der Waals surface area contributed by atoms with Gasteiger partial charge in [0.1, 0.15) is 5.82 Å². The fourth-order valence-electron chi connectivity index (χ4n) is 2.08. The molecule has 1 saturated carbocycles. The smallest absolute Gasteiger partial charge is 0.258 e. The quantitative estimate of drug-likeness (QED) is 0.792. The molecular weight excluding hydrogens is 309 g/mol. The van der Waals surface area contributed by atoms with Crippen molar-refractivity contribution < 1.29 is 9.18 Å². The van der Waals surface area contributed by atoms with E-state index < -0.39 is 5.82 Å². The highest BCUT2D eigenvalue weighted by molar-refractivity contribution is 9.10. The molecule has 0 unspecified atom stereocenters. The molecule has 0 atom stereocenters. The van der Waals surface area contributed by atoms with Crippen molar-refractivity contribution in [2.45, 2.75) is 39.2 Å². The van der Waals surface area contributed by atoms with Crippen molar-refractivity contribution in [3.05, 3.63) is 34.1 Å². The highest BCUT2D eigenvalue weighted by Crippen LogP contribution is 2.31. The van der Waals surface area contributed by atoms with E-state index in [2.05, 4.69) is 29.8 Å². The second kappa shape index (κ2) is 6.04. The number of benzene rings is 1. The highest BCUT2D eigenvalue weighted by Gasteiger charge is 2.34. The second-order valence-corrected chi connectivity index (χ2v) is 6.36. The maximum Gasteiger partial charge on any atom is 0.258 e. The summed E-state index contributed by atoms with van der Waals surface area (Å²) in [5, 5.41) is 0. The second-order valence-electron chi connectivity index (χ2n) is 5.51. The van der Waals surface area contributed by atoms with Crippen molar-refractivity contribution in [3.63, 3.8) is 0 Å². The van der Waals surface area contributed by atoms with E-state index in [1.54, 1.807) is 12.1 Å². The summed E-state index contributed by atoms with van der Waals surface area (Å²) in [4.78, 5) is 14.4. The molecule has 1 amide bonds. The van der Waals surface area contributed by atoms with Crippen molar-refractivity contribution in [1.29, 1.82) is 0 Å². The summed E-state index contributed by atoms with van der Waals surface area (Å²) in [5.74, 6) is -0.0965. The molecule has 1 aromatic carbocycles. The van der Waals surface area contributed by atoms with Gasteiger partial charge < -0.3 is 4.90 Å². The predicted octanol–water partition coefficient (Wildman–Crippen LogP) is 4.24. The van der Waals surface area contributed by atoms with Crippen LogP contribution < -0.4 is 0 Å². The van der Waals surface area contributed by atoms with Gasteiger partial charge in [0.15, 0.2) is 0 Å². The maximum atomic E-state index is 13.9. The van der Waals surface area contributed by atoms with Crippen LogP contribution in [0.2, 0.25) is 0 Å². The number of carbonyl (C=O) groups excluding carboxylic acids is 1. The van der Waals surface area contributed by atoms with Crippen molar-refractivity contribution in [2.75, 3.05) is 6.54 Å². The van der Waals surface area contributed by atoms with Gasteiger partial charge in [0, 0.05) is 17.1 Å². The lowest BCUT2D eigenvalue weighted by Gasteiger charge is -2.24. The summed E-state index contributed by atoms with van der Waals surface area (Å²) in [7, 11) is 0. The van der Waals surface area contributed by atoms with Crippen LogP contribution in [0.1, 0.15) is 43.5 Å². The van der Waals surface area contributed by atoms with Crippen LogP contribution in [0.25, 0.3) is 0 Å². The van der Waals surface area contributed by atoms with E-state index in [-0.39, 0.29) is 11.5 Å². The SMILES string of the molecule is CC(C)CCN(C(=O)c1c(F)cccc1Br)C1CC1. The number of hydrogen-bond acceptors (Lipinski definition) is 1. The van der Waals surface area contributed by atoms with Crippen LogP contribution in [-0.4, -0.2) is 23.4 Å². The zero-order chi connectivity index (χ0) is 14.0. The molecule has 1 aliphatic carbocycles. The molecule has 19 heavy (non-hydrogen) atoms. The Bertz CT molecular complexity index is 451. The average molecular weight is 328 g/mol. The van der Waals surface area contributed by atoms with Crippen LogP contribution >= 0.6 is 15.9 Å². The van der Waals surface area contributed by atoms with E-state index in [4.69, 9.17) is 0 Å². The predicted molar refractivity (Wildman–Crippen MR) is 77.6 cm³/mol. The van der Waals surface area contributed by atoms with Gasteiger partial charge >= 0.3 is 0 Å². The Morgan fingerprint density at radius 1 is 1.47 bits per heavy atom. The lowest BCUT2D eigenvalue weighted by atomic mass is 10.1. The van der Waals surface area contributed by atoms with Crippen LogP contribution in [0.4, 0.5) is 4.39 Å². The lowest BCUT2D eigenvalue weighted by Crippen LogP contribution is -2.35. The third-order valence-electron chi connectivity index (χ3n) is 3.37. The topological polar surface area (TPSA) is 20.3 Å². The van der Waals surface area contributed by atoms with Crippen molar-refractivity contribution >= 4 is 21.8 Å². The van der Waals surface area contributed by atoms with Gasteiger partial charge in [0.25, 0.3) is 5.91 Å². The first-order chi connectivity index (χ1) is 9.00. The van der Waals surface area contributed by atoms with Gasteiger partial charge in [-0.25, -0.2) is 4.39 Å². The first kappa shape index (κ1) is 14.5. The zero-order valence-electron chi connectivity index (χ0n) is 11.3. The van der Waals surface area contributed by atoms with Gasteiger partial charge in [-0.2, -0.15) is 0 Å². The molecule has 0 aliphatic heterocycles. The van der Waals surface area contributed by atoms with Gasteiger partial charge in [-0.3, -0.25) is 4.79 Å². The van der Waals surface area contributed by atoms with E-state index in [0.717, 1.165) is 19.3 Å². The number of carbonyl (C=O) groups is 1. The molecule has 2 nitrogen and oxygen atoms in total. The van der Waals surface area contributed by atoms with Crippen LogP contribution in [0.15, 0.2) is 22.7 Å². The fourth-order valence-corrected chi connectivity index (χ4v) is 2.59. The van der Waals surface area contributed by atoms with Crippen LogP contribution in [-0.2, 0) is 0 Å². The van der Waals surface area contributed by atoms with Crippen molar-refractivity contribution in [3.8, 4) is 0 Å². The van der Waals surface area contributed by atoms with E-state index in [1.807, 2.05) is 4.90 Å². The minimum atomic E-state index is -0.449. The normalized spacial score (nSPS) is 14.8. The van der Waals surface area contributed by atoms with Crippen LogP contribution in [0.5, 0.6) is 0 Å². The summed E-state index contributed by atoms with van der Waals surface area (Å²) >= 11 is 3.28. The molecule has 0 spiro atoms. The number of rotatable bonds is 5. The largest absolute Gasteiger partial charge is 0.336 e. The van der Waals surface area contributed by atoms with E-state index in [0.29, 0.717) is 23.0 Å². The van der Waals surface area contributed by atoms with Gasteiger partial charge in [-0.1, -0.05) is 19.9 Å². The molecule has 2 rings (SSSR count). The Morgan fingerprint density at radius 2 is 2.16 bits per heavy atom. The Labute approximate surface area is 122 Å². The first-order valence-corrected chi connectivity index (χ1v) is 7.55. The third kappa shape index (κ3) is 3.56. The van der Waals surface area contributed by atoms with Crippen LogP contribution in [0, 0.1) is 11.7 Å².